The third-order valence-electron chi connectivity index (χ3n) is 5.58. The van der Waals surface area contributed by atoms with Crippen LogP contribution in [0.4, 0.5) is 11.4 Å². The number of fused-ring (bicyclic) bond motifs is 2. The summed E-state index contributed by atoms with van der Waals surface area (Å²) in [5.74, 6) is 1.01. The van der Waals surface area contributed by atoms with Gasteiger partial charge in [0.05, 0.1) is 24.5 Å². The van der Waals surface area contributed by atoms with Crippen molar-refractivity contribution in [2.24, 2.45) is 10.7 Å². The second kappa shape index (κ2) is 8.01. The molecule has 2 heterocycles. The number of nitrogens with one attached hydrogen (secondary N) is 1. The summed E-state index contributed by atoms with van der Waals surface area (Å²) >= 11 is 0. The van der Waals surface area contributed by atoms with Crippen molar-refractivity contribution in [2.75, 3.05) is 42.9 Å². The number of allylic oxidation sites excluding steroid dienone is 1. The zero-order valence-corrected chi connectivity index (χ0v) is 16.1. The van der Waals surface area contributed by atoms with Crippen LogP contribution in [-0.4, -0.2) is 43.5 Å². The number of piperidine rings is 1. The van der Waals surface area contributed by atoms with E-state index >= 15 is 0 Å². The van der Waals surface area contributed by atoms with Crippen LogP contribution in [0.15, 0.2) is 53.3 Å². The SMILES string of the molecule is C/C(=C/N)N1CC(=NCCN2CCCCC2)Nc2cc3ccccc3cc21. The number of benzene rings is 2. The Morgan fingerprint density at radius 1 is 1.15 bits per heavy atom. The molecule has 0 aromatic heterocycles. The summed E-state index contributed by atoms with van der Waals surface area (Å²) in [4.78, 5) is 9.65. The summed E-state index contributed by atoms with van der Waals surface area (Å²) in [5.41, 5.74) is 9.13. The van der Waals surface area contributed by atoms with Crippen molar-refractivity contribution in [1.82, 2.24) is 4.90 Å². The number of anilines is 2. The van der Waals surface area contributed by atoms with Crippen molar-refractivity contribution in [3.63, 3.8) is 0 Å². The molecule has 2 aliphatic rings. The number of rotatable bonds is 4. The van der Waals surface area contributed by atoms with Gasteiger partial charge in [0.15, 0.2) is 0 Å². The van der Waals surface area contributed by atoms with E-state index in [4.69, 9.17) is 10.7 Å². The van der Waals surface area contributed by atoms with Gasteiger partial charge in [-0.2, -0.15) is 0 Å². The zero-order valence-electron chi connectivity index (χ0n) is 16.1. The Labute approximate surface area is 161 Å². The molecular formula is C22H29N5. The molecule has 2 aliphatic heterocycles. The van der Waals surface area contributed by atoms with E-state index in [1.807, 2.05) is 0 Å². The number of nitrogens with zero attached hydrogens (tertiary/aromatic N) is 3. The van der Waals surface area contributed by atoms with Gasteiger partial charge in [0.2, 0.25) is 0 Å². The Bertz CT molecular complexity index is 864. The lowest BCUT2D eigenvalue weighted by Crippen LogP contribution is -2.38. The fourth-order valence-corrected chi connectivity index (χ4v) is 3.99. The highest BCUT2D eigenvalue weighted by molar-refractivity contribution is 6.08. The predicted octanol–water partition coefficient (Wildman–Crippen LogP) is 3.78. The summed E-state index contributed by atoms with van der Waals surface area (Å²) in [5, 5.41) is 6.02. The minimum absolute atomic E-state index is 0.727. The van der Waals surface area contributed by atoms with Gasteiger partial charge in [0.25, 0.3) is 0 Å². The maximum Gasteiger partial charge on any atom is 0.121 e. The maximum absolute atomic E-state index is 5.85. The monoisotopic (exact) mass is 363 g/mol. The van der Waals surface area contributed by atoms with Crippen molar-refractivity contribution in [3.05, 3.63) is 48.3 Å². The lowest BCUT2D eigenvalue weighted by Gasteiger charge is -2.34. The molecule has 5 nitrogen and oxygen atoms in total. The number of likely N-dealkylation sites (tertiary alicyclic amines) is 1. The predicted molar refractivity (Wildman–Crippen MR) is 115 cm³/mol. The fourth-order valence-electron chi connectivity index (χ4n) is 3.99. The molecular weight excluding hydrogens is 334 g/mol. The summed E-state index contributed by atoms with van der Waals surface area (Å²) < 4.78 is 0. The molecule has 0 aliphatic carbocycles. The second-order valence-corrected chi connectivity index (χ2v) is 7.47. The minimum Gasteiger partial charge on any atom is -0.403 e. The van der Waals surface area contributed by atoms with E-state index < -0.39 is 0 Å². The average molecular weight is 364 g/mol. The maximum atomic E-state index is 5.85. The Kier molecular flexibility index (Phi) is 5.30. The molecule has 27 heavy (non-hydrogen) atoms. The number of nitrogens with two attached hydrogens (primary N) is 1. The first-order valence-corrected chi connectivity index (χ1v) is 9.96. The van der Waals surface area contributed by atoms with E-state index in [2.05, 4.69) is 58.4 Å². The molecule has 0 radical (unpaired) electrons. The smallest absolute Gasteiger partial charge is 0.121 e. The van der Waals surface area contributed by atoms with Crippen LogP contribution in [0.2, 0.25) is 0 Å². The van der Waals surface area contributed by atoms with E-state index in [9.17, 15) is 0 Å². The summed E-state index contributed by atoms with van der Waals surface area (Å²) in [6.07, 6.45) is 5.69. The van der Waals surface area contributed by atoms with Crippen LogP contribution in [0.3, 0.4) is 0 Å². The molecule has 5 heteroatoms. The normalized spacial score (nSPS) is 20.0. The van der Waals surface area contributed by atoms with Gasteiger partial charge in [0.1, 0.15) is 5.84 Å². The number of aliphatic imine (C=N–C) groups is 1. The summed E-state index contributed by atoms with van der Waals surface area (Å²) in [7, 11) is 0. The van der Waals surface area contributed by atoms with Gasteiger partial charge in [-0.25, -0.2) is 0 Å². The Hall–Kier alpha value is -2.53. The molecule has 3 N–H and O–H groups in total. The van der Waals surface area contributed by atoms with Gasteiger partial charge in [0, 0.05) is 18.4 Å². The largest absolute Gasteiger partial charge is 0.403 e. The molecule has 4 rings (SSSR count). The van der Waals surface area contributed by atoms with Crippen molar-refractivity contribution in [1.29, 1.82) is 0 Å². The van der Waals surface area contributed by atoms with Gasteiger partial charge in [-0.15, -0.1) is 0 Å². The second-order valence-electron chi connectivity index (χ2n) is 7.47. The Morgan fingerprint density at radius 2 is 1.89 bits per heavy atom. The van der Waals surface area contributed by atoms with E-state index in [1.54, 1.807) is 6.20 Å². The molecule has 1 saturated heterocycles. The molecule has 0 amide bonds. The number of hydrogen-bond acceptors (Lipinski definition) is 4. The van der Waals surface area contributed by atoms with E-state index in [1.165, 1.54) is 43.1 Å². The van der Waals surface area contributed by atoms with Gasteiger partial charge < -0.3 is 20.9 Å². The molecule has 142 valence electrons. The van der Waals surface area contributed by atoms with Crippen LogP contribution >= 0.6 is 0 Å². The Balaban J connectivity index is 1.58. The van der Waals surface area contributed by atoms with Crippen LogP contribution < -0.4 is 16.0 Å². The van der Waals surface area contributed by atoms with Crippen LogP contribution in [0.5, 0.6) is 0 Å². The Morgan fingerprint density at radius 3 is 2.63 bits per heavy atom. The summed E-state index contributed by atoms with van der Waals surface area (Å²) in [6.45, 7) is 7.09. The van der Waals surface area contributed by atoms with Gasteiger partial charge in [-0.05, 0) is 55.8 Å². The van der Waals surface area contributed by atoms with Gasteiger partial charge >= 0.3 is 0 Å². The van der Waals surface area contributed by atoms with E-state index in [-0.39, 0.29) is 0 Å². The minimum atomic E-state index is 0.727. The standard InChI is InChI=1S/C22H29N5/c1-17(15-23)27-16-22(24-9-12-26-10-5-2-6-11-26)25-20-13-18-7-3-4-8-19(18)14-21(20)27/h3-4,7-8,13-15H,2,5-6,9-12,16,23H2,1H3,(H,24,25)/b17-15-. The molecule has 2 aromatic rings. The molecule has 1 fully saturated rings. The number of hydrogen-bond donors (Lipinski definition) is 2. The molecule has 0 spiro atoms. The first kappa shape index (κ1) is 17.9. The van der Waals surface area contributed by atoms with E-state index in [0.717, 1.165) is 42.5 Å². The first-order valence-electron chi connectivity index (χ1n) is 9.96. The van der Waals surface area contributed by atoms with Crippen molar-refractivity contribution in [2.45, 2.75) is 26.2 Å². The average Bonchev–Trinajstić information content (AvgIpc) is 2.72. The quantitative estimate of drug-likeness (QED) is 0.868. The molecule has 0 bridgehead atoms. The van der Waals surface area contributed by atoms with Gasteiger partial charge in [-0.1, -0.05) is 30.7 Å². The highest BCUT2D eigenvalue weighted by Crippen LogP contribution is 2.35. The lowest BCUT2D eigenvalue weighted by atomic mass is 10.1. The molecule has 2 aromatic carbocycles. The lowest BCUT2D eigenvalue weighted by molar-refractivity contribution is 0.235. The summed E-state index contributed by atoms with van der Waals surface area (Å²) in [6, 6.07) is 12.9. The highest BCUT2D eigenvalue weighted by Gasteiger charge is 2.22. The van der Waals surface area contributed by atoms with Crippen LogP contribution in [0.25, 0.3) is 10.8 Å². The van der Waals surface area contributed by atoms with Crippen molar-refractivity contribution < 1.29 is 0 Å². The van der Waals surface area contributed by atoms with Crippen molar-refractivity contribution in [3.8, 4) is 0 Å². The van der Waals surface area contributed by atoms with Crippen LogP contribution in [0.1, 0.15) is 26.2 Å². The molecule has 0 atom stereocenters. The van der Waals surface area contributed by atoms with Crippen molar-refractivity contribution >= 4 is 28.0 Å². The fraction of sp³-hybridized carbons (Fsp3) is 0.409. The van der Waals surface area contributed by atoms with Gasteiger partial charge in [-0.3, -0.25) is 4.99 Å². The molecule has 0 saturated carbocycles. The molecule has 0 unspecified atom stereocenters. The topological polar surface area (TPSA) is 56.9 Å². The number of amidine groups is 1. The third-order valence-corrected chi connectivity index (χ3v) is 5.58. The van der Waals surface area contributed by atoms with E-state index in [0.29, 0.717) is 0 Å². The van der Waals surface area contributed by atoms with Crippen LogP contribution in [0, 0.1) is 0 Å². The first-order chi connectivity index (χ1) is 13.2. The third kappa shape index (κ3) is 3.93. The highest BCUT2D eigenvalue weighted by atomic mass is 15.2. The zero-order chi connectivity index (χ0) is 18.6. The van der Waals surface area contributed by atoms with Crippen LogP contribution in [-0.2, 0) is 0 Å².